The van der Waals surface area contributed by atoms with E-state index in [1.54, 1.807) is 11.9 Å². The molecule has 2 unspecified atom stereocenters. The third kappa shape index (κ3) is 10.1. The van der Waals surface area contributed by atoms with E-state index in [1.165, 1.54) is 19.3 Å². The summed E-state index contributed by atoms with van der Waals surface area (Å²) in [6, 6.07) is 0.546. The first-order chi connectivity index (χ1) is 9.15. The van der Waals surface area contributed by atoms with Gasteiger partial charge in [0.2, 0.25) is 0 Å². The Hall–Kier alpha value is -0.770. The van der Waals surface area contributed by atoms with Gasteiger partial charge in [-0.1, -0.05) is 26.7 Å². The van der Waals surface area contributed by atoms with Crippen LogP contribution in [0.2, 0.25) is 0 Å². The van der Waals surface area contributed by atoms with Crippen molar-refractivity contribution in [2.24, 2.45) is 5.92 Å². The van der Waals surface area contributed by atoms with E-state index < -0.39 is 5.60 Å². The first-order valence-corrected chi connectivity index (χ1v) is 7.83. The highest BCUT2D eigenvalue weighted by atomic mass is 16.6. The van der Waals surface area contributed by atoms with Crippen molar-refractivity contribution < 1.29 is 9.53 Å². The highest BCUT2D eigenvalue weighted by molar-refractivity contribution is 5.67. The standard InChI is InChI=1S/C16H34N2O2/c1-8-9-10-14(3)17-11-13(2)12-18(7)15(19)20-16(4,5)6/h13-14,17H,8-12H2,1-7H3. The van der Waals surface area contributed by atoms with Gasteiger partial charge in [-0.05, 0) is 46.6 Å². The summed E-state index contributed by atoms with van der Waals surface area (Å²) < 4.78 is 5.35. The summed E-state index contributed by atoms with van der Waals surface area (Å²) in [6.45, 7) is 13.9. The maximum atomic E-state index is 11.9. The minimum Gasteiger partial charge on any atom is -0.444 e. The molecule has 0 aromatic heterocycles. The molecule has 2 atom stereocenters. The molecule has 0 spiro atoms. The molecule has 0 aliphatic heterocycles. The molecule has 120 valence electrons. The van der Waals surface area contributed by atoms with E-state index in [-0.39, 0.29) is 6.09 Å². The molecule has 4 nitrogen and oxygen atoms in total. The Kier molecular flexibility index (Phi) is 8.86. The second-order valence-electron chi connectivity index (χ2n) is 6.92. The first-order valence-electron chi connectivity index (χ1n) is 7.83. The third-order valence-electron chi connectivity index (χ3n) is 3.10. The fraction of sp³-hybridized carbons (Fsp3) is 0.938. The van der Waals surface area contributed by atoms with Crippen molar-refractivity contribution in [1.82, 2.24) is 10.2 Å². The highest BCUT2D eigenvalue weighted by Gasteiger charge is 2.20. The van der Waals surface area contributed by atoms with Crippen LogP contribution in [-0.4, -0.2) is 42.8 Å². The molecule has 0 aromatic rings. The summed E-state index contributed by atoms with van der Waals surface area (Å²) in [5.74, 6) is 0.414. The van der Waals surface area contributed by atoms with Gasteiger partial charge in [0.25, 0.3) is 0 Å². The normalized spacial score (nSPS) is 14.8. The second-order valence-corrected chi connectivity index (χ2v) is 6.92. The number of hydrogen-bond donors (Lipinski definition) is 1. The van der Waals surface area contributed by atoms with E-state index in [2.05, 4.69) is 26.1 Å². The molecular weight excluding hydrogens is 252 g/mol. The number of nitrogens with one attached hydrogen (secondary N) is 1. The molecule has 0 aliphatic rings. The van der Waals surface area contributed by atoms with Crippen molar-refractivity contribution in [3.63, 3.8) is 0 Å². The summed E-state index contributed by atoms with van der Waals surface area (Å²) in [5, 5.41) is 3.53. The molecular formula is C16H34N2O2. The molecule has 0 rings (SSSR count). The van der Waals surface area contributed by atoms with Crippen LogP contribution >= 0.6 is 0 Å². The van der Waals surface area contributed by atoms with Gasteiger partial charge in [0, 0.05) is 19.6 Å². The van der Waals surface area contributed by atoms with Crippen LogP contribution in [0.4, 0.5) is 4.79 Å². The van der Waals surface area contributed by atoms with Gasteiger partial charge < -0.3 is 15.0 Å². The van der Waals surface area contributed by atoms with E-state index in [4.69, 9.17) is 4.74 Å². The molecule has 0 radical (unpaired) electrons. The van der Waals surface area contributed by atoms with Gasteiger partial charge in [-0.3, -0.25) is 0 Å². The molecule has 1 amide bonds. The van der Waals surface area contributed by atoms with Crippen molar-refractivity contribution >= 4 is 6.09 Å². The van der Waals surface area contributed by atoms with Gasteiger partial charge in [0.05, 0.1) is 0 Å². The van der Waals surface area contributed by atoms with Gasteiger partial charge >= 0.3 is 6.09 Å². The zero-order valence-electron chi connectivity index (χ0n) is 14.5. The Morgan fingerprint density at radius 1 is 1.30 bits per heavy atom. The zero-order valence-corrected chi connectivity index (χ0v) is 14.5. The van der Waals surface area contributed by atoms with Gasteiger partial charge in [0.1, 0.15) is 5.60 Å². The number of rotatable bonds is 8. The topological polar surface area (TPSA) is 41.6 Å². The van der Waals surface area contributed by atoms with E-state index in [9.17, 15) is 4.79 Å². The number of unbranched alkanes of at least 4 members (excludes halogenated alkanes) is 1. The number of hydrogen-bond acceptors (Lipinski definition) is 3. The molecule has 0 saturated carbocycles. The lowest BCUT2D eigenvalue weighted by Crippen LogP contribution is -2.39. The van der Waals surface area contributed by atoms with Crippen LogP contribution in [-0.2, 0) is 4.74 Å². The van der Waals surface area contributed by atoms with Crippen LogP contribution in [0, 0.1) is 5.92 Å². The second kappa shape index (κ2) is 9.22. The lowest BCUT2D eigenvalue weighted by atomic mass is 10.1. The minimum atomic E-state index is -0.429. The smallest absolute Gasteiger partial charge is 0.410 e. The van der Waals surface area contributed by atoms with E-state index >= 15 is 0 Å². The molecule has 0 heterocycles. The number of carbonyl (C=O) groups is 1. The average molecular weight is 286 g/mol. The van der Waals surface area contributed by atoms with Crippen LogP contribution in [0.15, 0.2) is 0 Å². The number of carbonyl (C=O) groups excluding carboxylic acids is 1. The molecule has 0 bridgehead atoms. The molecule has 4 heteroatoms. The Balaban J connectivity index is 3.95. The monoisotopic (exact) mass is 286 g/mol. The lowest BCUT2D eigenvalue weighted by Gasteiger charge is -2.27. The first kappa shape index (κ1) is 19.2. The third-order valence-corrected chi connectivity index (χ3v) is 3.10. The van der Waals surface area contributed by atoms with E-state index in [0.29, 0.717) is 18.5 Å². The summed E-state index contributed by atoms with van der Waals surface area (Å²) >= 11 is 0. The molecule has 0 fully saturated rings. The maximum Gasteiger partial charge on any atom is 0.410 e. The summed E-state index contributed by atoms with van der Waals surface area (Å²) in [6.07, 6.45) is 3.47. The van der Waals surface area contributed by atoms with E-state index in [0.717, 1.165) is 6.54 Å². The van der Waals surface area contributed by atoms with Crippen LogP contribution in [0.1, 0.15) is 60.8 Å². The Morgan fingerprint density at radius 3 is 2.40 bits per heavy atom. The van der Waals surface area contributed by atoms with Crippen molar-refractivity contribution in [2.75, 3.05) is 20.1 Å². The molecule has 20 heavy (non-hydrogen) atoms. The fourth-order valence-corrected chi connectivity index (χ4v) is 1.96. The van der Waals surface area contributed by atoms with Gasteiger partial charge in [-0.25, -0.2) is 4.79 Å². The van der Waals surface area contributed by atoms with Gasteiger partial charge in [0.15, 0.2) is 0 Å². The largest absolute Gasteiger partial charge is 0.444 e. The molecule has 0 aliphatic carbocycles. The Bertz CT molecular complexity index is 274. The zero-order chi connectivity index (χ0) is 15.8. The van der Waals surface area contributed by atoms with Crippen LogP contribution in [0.3, 0.4) is 0 Å². The predicted molar refractivity (Wildman–Crippen MR) is 85.0 cm³/mol. The van der Waals surface area contributed by atoms with Crippen LogP contribution < -0.4 is 5.32 Å². The fourth-order valence-electron chi connectivity index (χ4n) is 1.96. The molecule has 1 N–H and O–H groups in total. The average Bonchev–Trinajstić information content (AvgIpc) is 2.31. The highest BCUT2D eigenvalue weighted by Crippen LogP contribution is 2.10. The number of amides is 1. The quantitative estimate of drug-likeness (QED) is 0.740. The van der Waals surface area contributed by atoms with Crippen LogP contribution in [0.25, 0.3) is 0 Å². The van der Waals surface area contributed by atoms with Crippen molar-refractivity contribution in [1.29, 1.82) is 0 Å². The summed E-state index contributed by atoms with van der Waals surface area (Å²) in [5.41, 5.74) is -0.429. The van der Waals surface area contributed by atoms with Crippen molar-refractivity contribution in [3.05, 3.63) is 0 Å². The van der Waals surface area contributed by atoms with Gasteiger partial charge in [-0.2, -0.15) is 0 Å². The summed E-state index contributed by atoms with van der Waals surface area (Å²) in [7, 11) is 1.80. The van der Waals surface area contributed by atoms with Gasteiger partial charge in [-0.15, -0.1) is 0 Å². The number of ether oxygens (including phenoxy) is 1. The SMILES string of the molecule is CCCCC(C)NCC(C)CN(C)C(=O)OC(C)(C)C. The Labute approximate surface area is 125 Å². The maximum absolute atomic E-state index is 11.9. The van der Waals surface area contributed by atoms with Crippen LogP contribution in [0.5, 0.6) is 0 Å². The van der Waals surface area contributed by atoms with Crippen molar-refractivity contribution in [2.45, 2.75) is 72.4 Å². The van der Waals surface area contributed by atoms with E-state index in [1.807, 2.05) is 20.8 Å². The number of nitrogens with zero attached hydrogens (tertiary/aromatic N) is 1. The summed E-state index contributed by atoms with van der Waals surface area (Å²) in [4.78, 5) is 13.5. The molecule has 0 aromatic carbocycles. The van der Waals surface area contributed by atoms with Crippen molar-refractivity contribution in [3.8, 4) is 0 Å². The minimum absolute atomic E-state index is 0.247. The lowest BCUT2D eigenvalue weighted by molar-refractivity contribution is 0.0276. The Morgan fingerprint density at radius 2 is 1.90 bits per heavy atom. The molecule has 0 saturated heterocycles. The predicted octanol–water partition coefficient (Wildman–Crippen LogP) is 3.66.